The van der Waals surface area contributed by atoms with E-state index >= 15 is 0 Å². The van der Waals surface area contributed by atoms with Crippen LogP contribution in [0.2, 0.25) is 0 Å². The molecule has 182 valence electrons. The molecule has 7 nitrogen and oxygen atoms in total. The van der Waals surface area contributed by atoms with Crippen molar-refractivity contribution < 1.29 is 30.0 Å². The molecule has 1 aliphatic rings. The molecule has 0 amide bonds. The Labute approximate surface area is 209 Å². The lowest BCUT2D eigenvalue weighted by molar-refractivity contribution is 0.104. The van der Waals surface area contributed by atoms with E-state index in [0.29, 0.717) is 11.1 Å². The lowest BCUT2D eigenvalue weighted by Gasteiger charge is -2.09. The summed E-state index contributed by atoms with van der Waals surface area (Å²) in [6.07, 6.45) is 0. The van der Waals surface area contributed by atoms with Gasteiger partial charge in [0.2, 0.25) is 0 Å². The third-order valence-electron chi connectivity index (χ3n) is 5.73. The minimum absolute atomic E-state index is 0.146. The van der Waals surface area contributed by atoms with Crippen LogP contribution in [0.3, 0.4) is 0 Å². The Morgan fingerprint density at radius 3 is 1.33 bits per heavy atom. The summed E-state index contributed by atoms with van der Waals surface area (Å²) in [5.41, 5.74) is 2.97. The first-order valence-electron chi connectivity index (χ1n) is 10.9. The first-order chi connectivity index (χ1) is 17.0. The normalized spacial score (nSPS) is 12.7. The topological polar surface area (TPSA) is 104 Å². The highest BCUT2D eigenvalue weighted by Gasteiger charge is 2.31. The van der Waals surface area contributed by atoms with E-state index in [0.717, 1.165) is 11.1 Å². The molecular formula is C27H20O7S2. The summed E-state index contributed by atoms with van der Waals surface area (Å²) in [5.74, 6) is -0.164. The lowest BCUT2D eigenvalue weighted by atomic mass is 10.1. The van der Waals surface area contributed by atoms with Gasteiger partial charge in [0.15, 0.2) is 5.78 Å². The SMILES string of the molecule is Cc1cccc(OS(=O)(=O)c2ccc3c(c2)C(=O)c2cc(S(=O)(=O)Oc4cccc(C)c4)ccc2-3)c1. The van der Waals surface area contributed by atoms with Gasteiger partial charge in [0.1, 0.15) is 21.3 Å². The van der Waals surface area contributed by atoms with Gasteiger partial charge in [-0.25, -0.2) is 0 Å². The van der Waals surface area contributed by atoms with E-state index in [9.17, 15) is 21.6 Å². The minimum Gasteiger partial charge on any atom is -0.379 e. The highest BCUT2D eigenvalue weighted by atomic mass is 32.2. The Balaban J connectivity index is 1.46. The molecular weight excluding hydrogens is 500 g/mol. The molecule has 0 heterocycles. The van der Waals surface area contributed by atoms with E-state index in [1.807, 2.05) is 26.0 Å². The number of aryl methyl sites for hydroxylation is 2. The van der Waals surface area contributed by atoms with Crippen LogP contribution in [-0.2, 0) is 20.2 Å². The monoisotopic (exact) mass is 520 g/mol. The molecule has 1 aliphatic carbocycles. The highest BCUT2D eigenvalue weighted by Crippen LogP contribution is 2.39. The van der Waals surface area contributed by atoms with Crippen molar-refractivity contribution in [3.63, 3.8) is 0 Å². The first kappa shape index (κ1) is 23.8. The van der Waals surface area contributed by atoms with E-state index in [2.05, 4.69) is 0 Å². The van der Waals surface area contributed by atoms with Crippen LogP contribution in [0.4, 0.5) is 0 Å². The fourth-order valence-electron chi connectivity index (χ4n) is 4.03. The average molecular weight is 521 g/mol. The summed E-state index contributed by atoms with van der Waals surface area (Å²) < 4.78 is 61.9. The number of benzene rings is 4. The van der Waals surface area contributed by atoms with Crippen molar-refractivity contribution in [3.05, 3.63) is 107 Å². The van der Waals surface area contributed by atoms with Gasteiger partial charge in [0.25, 0.3) is 0 Å². The van der Waals surface area contributed by atoms with E-state index < -0.39 is 26.0 Å². The van der Waals surface area contributed by atoms with Crippen LogP contribution in [0.25, 0.3) is 11.1 Å². The molecule has 0 radical (unpaired) electrons. The predicted octanol–water partition coefficient (Wildman–Crippen LogP) is 5.05. The molecule has 0 saturated heterocycles. The number of rotatable bonds is 6. The molecule has 0 atom stereocenters. The van der Waals surface area contributed by atoms with Gasteiger partial charge in [-0.2, -0.15) is 16.8 Å². The van der Waals surface area contributed by atoms with Gasteiger partial charge in [-0.1, -0.05) is 36.4 Å². The van der Waals surface area contributed by atoms with Crippen LogP contribution >= 0.6 is 0 Å². The van der Waals surface area contributed by atoms with Crippen LogP contribution in [0.1, 0.15) is 27.0 Å². The van der Waals surface area contributed by atoms with Crippen LogP contribution in [0.5, 0.6) is 11.5 Å². The Bertz CT molecular complexity index is 1630. The molecule has 0 bridgehead atoms. The first-order valence-corrected chi connectivity index (χ1v) is 13.7. The Hall–Kier alpha value is -3.95. The minimum atomic E-state index is -4.20. The van der Waals surface area contributed by atoms with Crippen molar-refractivity contribution in [2.24, 2.45) is 0 Å². The van der Waals surface area contributed by atoms with Gasteiger partial charge in [0, 0.05) is 11.1 Å². The number of fused-ring (bicyclic) bond motifs is 3. The molecule has 0 fully saturated rings. The summed E-state index contributed by atoms with van der Waals surface area (Å²) in [4.78, 5) is 12.8. The standard InChI is InChI=1S/C27H20O7S2/c1-17-5-3-7-19(13-17)33-35(29,30)21-9-11-23-24-12-10-22(16-26(24)27(28)25(23)15-21)36(31,32)34-20-8-4-6-18(2)14-20/h3-16H,1-2H3. The van der Waals surface area contributed by atoms with Crippen molar-refractivity contribution in [1.29, 1.82) is 0 Å². The number of hydrogen-bond acceptors (Lipinski definition) is 7. The van der Waals surface area contributed by atoms with Crippen molar-refractivity contribution in [1.82, 2.24) is 0 Å². The fourth-order valence-corrected chi connectivity index (χ4v) is 5.93. The zero-order chi connectivity index (χ0) is 25.7. The molecule has 0 unspecified atom stereocenters. The molecule has 4 aromatic carbocycles. The second-order valence-electron chi connectivity index (χ2n) is 8.45. The highest BCUT2D eigenvalue weighted by molar-refractivity contribution is 7.87. The van der Waals surface area contributed by atoms with Crippen molar-refractivity contribution >= 4 is 26.0 Å². The van der Waals surface area contributed by atoms with Crippen molar-refractivity contribution in [3.8, 4) is 22.6 Å². The van der Waals surface area contributed by atoms with E-state index in [1.165, 1.54) is 48.5 Å². The van der Waals surface area contributed by atoms with Crippen LogP contribution in [0, 0.1) is 13.8 Å². The third-order valence-corrected chi connectivity index (χ3v) is 8.22. The molecule has 0 aliphatic heterocycles. The van der Waals surface area contributed by atoms with Gasteiger partial charge >= 0.3 is 20.2 Å². The van der Waals surface area contributed by atoms with Gasteiger partial charge in [-0.15, -0.1) is 0 Å². The van der Waals surface area contributed by atoms with E-state index in [-0.39, 0.29) is 32.4 Å². The fraction of sp³-hybridized carbons (Fsp3) is 0.0741. The molecule has 0 N–H and O–H groups in total. The van der Waals surface area contributed by atoms with Crippen LogP contribution < -0.4 is 8.37 Å². The number of ketones is 1. The zero-order valence-corrected chi connectivity index (χ0v) is 20.9. The maximum absolute atomic E-state index is 13.2. The number of carbonyl (C=O) groups is 1. The molecule has 5 rings (SSSR count). The molecule has 36 heavy (non-hydrogen) atoms. The Morgan fingerprint density at radius 1 is 0.528 bits per heavy atom. The molecule has 0 aromatic heterocycles. The summed E-state index contributed by atoms with van der Waals surface area (Å²) in [6, 6.07) is 21.5. The lowest BCUT2D eigenvalue weighted by Crippen LogP contribution is -2.11. The Kier molecular flexibility index (Phi) is 5.69. The summed E-state index contributed by atoms with van der Waals surface area (Å²) in [6.45, 7) is 3.62. The molecule has 4 aromatic rings. The van der Waals surface area contributed by atoms with Crippen molar-refractivity contribution in [2.45, 2.75) is 23.6 Å². The van der Waals surface area contributed by atoms with E-state index in [4.69, 9.17) is 8.37 Å². The number of hydrogen-bond donors (Lipinski definition) is 0. The second kappa shape index (κ2) is 8.61. The van der Waals surface area contributed by atoms with Crippen LogP contribution in [-0.4, -0.2) is 22.6 Å². The van der Waals surface area contributed by atoms with Crippen molar-refractivity contribution in [2.75, 3.05) is 0 Å². The van der Waals surface area contributed by atoms with E-state index in [1.54, 1.807) is 24.3 Å². The summed E-state index contributed by atoms with van der Waals surface area (Å²) >= 11 is 0. The number of carbonyl (C=O) groups excluding carboxylic acids is 1. The third kappa shape index (κ3) is 4.38. The summed E-state index contributed by atoms with van der Waals surface area (Å²) in [5, 5.41) is 0. The summed E-state index contributed by atoms with van der Waals surface area (Å²) in [7, 11) is -8.40. The smallest absolute Gasteiger partial charge is 0.339 e. The second-order valence-corrected chi connectivity index (χ2v) is 11.5. The van der Waals surface area contributed by atoms with Gasteiger partial charge in [-0.3, -0.25) is 4.79 Å². The Morgan fingerprint density at radius 2 is 0.944 bits per heavy atom. The maximum atomic E-state index is 13.2. The maximum Gasteiger partial charge on any atom is 0.339 e. The quantitative estimate of drug-likeness (QED) is 0.289. The molecule has 9 heteroatoms. The molecule has 0 saturated carbocycles. The zero-order valence-electron chi connectivity index (χ0n) is 19.3. The van der Waals surface area contributed by atoms with Gasteiger partial charge in [-0.05, 0) is 84.6 Å². The van der Waals surface area contributed by atoms with Gasteiger partial charge in [0.05, 0.1) is 0 Å². The average Bonchev–Trinajstić information content (AvgIpc) is 3.10. The molecule has 0 spiro atoms. The van der Waals surface area contributed by atoms with Gasteiger partial charge < -0.3 is 8.37 Å². The predicted molar refractivity (Wildman–Crippen MR) is 133 cm³/mol. The van der Waals surface area contributed by atoms with Crippen LogP contribution in [0.15, 0.2) is 94.7 Å². The largest absolute Gasteiger partial charge is 0.379 e.